The molecule has 0 atom stereocenters. The van der Waals surface area contributed by atoms with Crippen LogP contribution in [0.3, 0.4) is 0 Å². The number of anilines is 1. The molecule has 0 bridgehead atoms. The Balaban J connectivity index is 1.64. The van der Waals surface area contributed by atoms with Gasteiger partial charge in [0.25, 0.3) is 11.6 Å². The maximum atomic E-state index is 12.6. The Kier molecular flexibility index (Phi) is 4.35. The van der Waals surface area contributed by atoms with Crippen molar-refractivity contribution in [2.24, 2.45) is 0 Å². The minimum atomic E-state index is -0.443. The molecule has 0 unspecified atom stereocenters. The fraction of sp³-hybridized carbons (Fsp3) is 0.0588. The number of carbonyl (C=O) groups is 1. The van der Waals surface area contributed by atoms with E-state index in [1.54, 1.807) is 23.9 Å². The molecule has 1 N–H and O–H groups in total. The highest BCUT2D eigenvalue weighted by Crippen LogP contribution is 2.33. The monoisotopic (exact) mass is 401 g/mol. The van der Waals surface area contributed by atoms with Crippen molar-refractivity contribution in [2.75, 3.05) is 11.6 Å². The van der Waals surface area contributed by atoms with Crippen LogP contribution in [0.25, 0.3) is 20.3 Å². The summed E-state index contributed by atoms with van der Waals surface area (Å²) >= 11 is 4.33. The smallest absolute Gasteiger partial charge is 0.270 e. The molecule has 0 aliphatic carbocycles. The molecule has 0 aliphatic rings. The second-order valence-electron chi connectivity index (χ2n) is 5.37. The van der Waals surface area contributed by atoms with Crippen molar-refractivity contribution in [1.29, 1.82) is 0 Å². The summed E-state index contributed by atoms with van der Waals surface area (Å²) in [5, 5.41) is 14.9. The number of nitro benzene ring substituents is 1. The summed E-state index contributed by atoms with van der Waals surface area (Å²) < 4.78 is 1.84. The maximum absolute atomic E-state index is 12.6. The summed E-state index contributed by atoms with van der Waals surface area (Å²) in [5.41, 5.74) is 0.894. The van der Waals surface area contributed by atoms with Crippen LogP contribution in [0.2, 0.25) is 0 Å². The number of nitro groups is 1. The average Bonchev–Trinajstić information content (AvgIpc) is 3.23. The highest BCUT2D eigenvalue weighted by atomic mass is 32.2. The Morgan fingerprint density at radius 3 is 2.81 bits per heavy atom. The molecular formula is C17H11N3O3S3. The number of hydrogen-bond donors (Lipinski definition) is 1. The van der Waals surface area contributed by atoms with E-state index in [0.717, 1.165) is 19.8 Å². The van der Waals surface area contributed by atoms with Crippen LogP contribution in [0.1, 0.15) is 9.67 Å². The van der Waals surface area contributed by atoms with Gasteiger partial charge < -0.3 is 0 Å². The first-order valence-corrected chi connectivity index (χ1v) is 10.3. The van der Waals surface area contributed by atoms with Crippen LogP contribution >= 0.6 is 34.4 Å². The SMILES string of the molecule is CSc1cccc2sc(NC(=O)c3cc4cc([N+](=O)[O-])ccc4s3)nc12. The van der Waals surface area contributed by atoms with Crippen LogP contribution in [-0.4, -0.2) is 22.1 Å². The van der Waals surface area contributed by atoms with E-state index in [1.807, 2.05) is 24.5 Å². The minimum absolute atomic E-state index is 0.0121. The standard InChI is InChI=1S/C17H11N3O3S3/c1-24-12-3-2-4-13-15(12)18-17(26-13)19-16(21)14-8-9-7-10(20(22)23)5-6-11(9)25-14/h2-8H,1H3,(H,18,19,21). The number of aromatic nitrogens is 1. The van der Waals surface area contributed by atoms with Gasteiger partial charge in [0.2, 0.25) is 0 Å². The van der Waals surface area contributed by atoms with Crippen LogP contribution in [0, 0.1) is 10.1 Å². The predicted molar refractivity (Wildman–Crippen MR) is 108 cm³/mol. The van der Waals surface area contributed by atoms with Crippen molar-refractivity contribution >= 4 is 71.5 Å². The highest BCUT2D eigenvalue weighted by molar-refractivity contribution is 7.98. The number of carbonyl (C=O) groups excluding carboxylic acids is 1. The molecule has 2 heterocycles. The van der Waals surface area contributed by atoms with Gasteiger partial charge in [0.1, 0.15) is 0 Å². The minimum Gasteiger partial charge on any atom is -0.297 e. The number of rotatable bonds is 4. The van der Waals surface area contributed by atoms with Gasteiger partial charge in [0, 0.05) is 27.1 Å². The van der Waals surface area contributed by atoms with Gasteiger partial charge in [0.15, 0.2) is 5.13 Å². The molecule has 0 radical (unpaired) electrons. The lowest BCUT2D eigenvalue weighted by molar-refractivity contribution is -0.384. The van der Waals surface area contributed by atoms with E-state index >= 15 is 0 Å². The molecule has 0 fully saturated rings. The summed E-state index contributed by atoms with van der Waals surface area (Å²) in [6.45, 7) is 0. The lowest BCUT2D eigenvalue weighted by atomic mass is 10.2. The molecule has 4 rings (SSSR count). The van der Waals surface area contributed by atoms with Crippen LogP contribution in [0.5, 0.6) is 0 Å². The third kappa shape index (κ3) is 3.05. The second-order valence-corrected chi connectivity index (χ2v) is 8.33. The number of non-ortho nitro benzene ring substituents is 1. The molecule has 2 aromatic carbocycles. The molecule has 6 nitrogen and oxygen atoms in total. The number of thiophene rings is 1. The Bertz CT molecular complexity index is 1170. The molecule has 0 saturated carbocycles. The molecule has 9 heteroatoms. The lowest BCUT2D eigenvalue weighted by Gasteiger charge is -1.97. The van der Waals surface area contributed by atoms with Gasteiger partial charge in [-0.25, -0.2) is 4.98 Å². The summed E-state index contributed by atoms with van der Waals surface area (Å²) in [7, 11) is 0. The van der Waals surface area contributed by atoms with Crippen molar-refractivity contribution in [2.45, 2.75) is 4.90 Å². The van der Waals surface area contributed by atoms with Gasteiger partial charge >= 0.3 is 0 Å². The van der Waals surface area contributed by atoms with Crippen molar-refractivity contribution in [3.8, 4) is 0 Å². The van der Waals surface area contributed by atoms with Gasteiger partial charge in [-0.3, -0.25) is 20.2 Å². The Hall–Kier alpha value is -2.49. The van der Waals surface area contributed by atoms with E-state index in [1.165, 1.54) is 34.8 Å². The summed E-state index contributed by atoms with van der Waals surface area (Å²) in [4.78, 5) is 29.1. The molecule has 0 aliphatic heterocycles. The van der Waals surface area contributed by atoms with Crippen LogP contribution in [0.4, 0.5) is 10.8 Å². The number of nitrogens with zero attached hydrogens (tertiary/aromatic N) is 2. The third-order valence-corrected chi connectivity index (χ3v) is 6.58. The summed E-state index contributed by atoms with van der Waals surface area (Å²) in [6.07, 6.45) is 1.99. The quantitative estimate of drug-likeness (QED) is 0.281. The zero-order valence-corrected chi connectivity index (χ0v) is 15.8. The topological polar surface area (TPSA) is 85.1 Å². The van der Waals surface area contributed by atoms with Gasteiger partial charge in [-0.1, -0.05) is 17.4 Å². The van der Waals surface area contributed by atoms with E-state index in [-0.39, 0.29) is 11.6 Å². The van der Waals surface area contributed by atoms with Crippen molar-refractivity contribution in [3.63, 3.8) is 0 Å². The molecule has 1 amide bonds. The zero-order chi connectivity index (χ0) is 18.3. The van der Waals surface area contributed by atoms with Crippen molar-refractivity contribution in [1.82, 2.24) is 4.98 Å². The first-order chi connectivity index (χ1) is 12.5. The van der Waals surface area contributed by atoms with E-state index in [9.17, 15) is 14.9 Å². The normalized spacial score (nSPS) is 11.1. The molecule has 130 valence electrons. The van der Waals surface area contributed by atoms with Crippen molar-refractivity contribution in [3.05, 3.63) is 57.5 Å². The van der Waals surface area contributed by atoms with E-state index in [2.05, 4.69) is 10.3 Å². The predicted octanol–water partition coefficient (Wildman–Crippen LogP) is 5.39. The second kappa shape index (κ2) is 6.67. The fourth-order valence-corrected chi connectivity index (χ4v) is 5.01. The van der Waals surface area contributed by atoms with Gasteiger partial charge in [-0.2, -0.15) is 0 Å². The molecular weight excluding hydrogens is 390 g/mol. The number of thiazole rings is 1. The number of thioether (sulfide) groups is 1. The van der Waals surface area contributed by atoms with Crippen LogP contribution in [-0.2, 0) is 0 Å². The van der Waals surface area contributed by atoms with Crippen LogP contribution < -0.4 is 5.32 Å². The molecule has 2 aromatic heterocycles. The summed E-state index contributed by atoms with van der Waals surface area (Å²) in [6, 6.07) is 12.2. The van der Waals surface area contributed by atoms with Crippen molar-refractivity contribution < 1.29 is 9.72 Å². The van der Waals surface area contributed by atoms with E-state index < -0.39 is 4.92 Å². The van der Waals surface area contributed by atoms with E-state index in [0.29, 0.717) is 15.4 Å². The fourth-order valence-electron chi connectivity index (χ4n) is 2.56. The number of para-hydroxylation sites is 1. The molecule has 0 spiro atoms. The van der Waals surface area contributed by atoms with Gasteiger partial charge in [-0.05, 0) is 30.5 Å². The first-order valence-electron chi connectivity index (χ1n) is 7.48. The lowest BCUT2D eigenvalue weighted by Crippen LogP contribution is -2.09. The van der Waals surface area contributed by atoms with E-state index in [4.69, 9.17) is 0 Å². The van der Waals surface area contributed by atoms with Crippen LogP contribution in [0.15, 0.2) is 47.4 Å². The largest absolute Gasteiger partial charge is 0.297 e. The zero-order valence-electron chi connectivity index (χ0n) is 13.4. The Labute approximate surface area is 160 Å². The average molecular weight is 401 g/mol. The first kappa shape index (κ1) is 17.0. The third-order valence-electron chi connectivity index (χ3n) is 3.76. The highest BCUT2D eigenvalue weighted by Gasteiger charge is 2.15. The number of benzene rings is 2. The van der Waals surface area contributed by atoms with Gasteiger partial charge in [-0.15, -0.1) is 23.1 Å². The number of nitrogens with one attached hydrogen (secondary N) is 1. The molecule has 0 saturated heterocycles. The number of fused-ring (bicyclic) bond motifs is 2. The number of amides is 1. The molecule has 26 heavy (non-hydrogen) atoms. The maximum Gasteiger partial charge on any atom is 0.270 e. The van der Waals surface area contributed by atoms with Gasteiger partial charge in [0.05, 0.1) is 20.0 Å². The summed E-state index contributed by atoms with van der Waals surface area (Å²) in [5.74, 6) is -0.265. The number of hydrogen-bond acceptors (Lipinski definition) is 7. The Morgan fingerprint density at radius 1 is 1.19 bits per heavy atom. The molecule has 4 aromatic rings. The Morgan fingerprint density at radius 2 is 2.04 bits per heavy atom.